The average Bonchev–Trinajstić information content (AvgIpc) is 3.08. The number of halogens is 1. The number of carbonyl (C=O) groups is 1. The quantitative estimate of drug-likeness (QED) is 0.592. The van der Waals surface area contributed by atoms with Crippen molar-refractivity contribution in [1.29, 1.82) is 0 Å². The number of nitrogens with zero attached hydrogens (tertiary/aromatic N) is 3. The molecule has 0 aliphatic carbocycles. The van der Waals surface area contributed by atoms with Crippen LogP contribution in [0.2, 0.25) is 0 Å². The third-order valence-electron chi connectivity index (χ3n) is 4.56. The van der Waals surface area contributed by atoms with Crippen LogP contribution in [0.5, 0.6) is 5.75 Å². The number of ether oxygens (including phenoxy) is 1. The number of hydrogen-bond acceptors (Lipinski definition) is 5. The summed E-state index contributed by atoms with van der Waals surface area (Å²) in [5.41, 5.74) is 1.76. The molecule has 3 aromatic rings. The standard InChI is InChI=1S/C21H23FN4O2S/c1-13(15-5-9-17(22)10-6-15)23-20(27)14(2)29-21-25-24-19(26(21)3)16-7-11-18(28-4)12-8-16/h5-14H,1-4H3,(H,23,27)/t13-,14+/m1/s1. The Morgan fingerprint density at radius 1 is 1.10 bits per heavy atom. The first-order valence-corrected chi connectivity index (χ1v) is 10.0. The van der Waals surface area contributed by atoms with Gasteiger partial charge in [0, 0.05) is 12.6 Å². The number of methoxy groups -OCH3 is 1. The molecule has 6 nitrogen and oxygen atoms in total. The molecule has 8 heteroatoms. The lowest BCUT2D eigenvalue weighted by Gasteiger charge is -2.17. The predicted molar refractivity (Wildman–Crippen MR) is 111 cm³/mol. The fraction of sp³-hybridized carbons (Fsp3) is 0.286. The van der Waals surface area contributed by atoms with Gasteiger partial charge < -0.3 is 14.6 Å². The Kier molecular flexibility index (Phi) is 6.53. The summed E-state index contributed by atoms with van der Waals surface area (Å²) in [4.78, 5) is 12.6. The van der Waals surface area contributed by atoms with Gasteiger partial charge in [0.15, 0.2) is 11.0 Å². The average molecular weight is 415 g/mol. The Hall–Kier alpha value is -2.87. The molecular weight excluding hydrogens is 391 g/mol. The van der Waals surface area contributed by atoms with Crippen molar-refractivity contribution < 1.29 is 13.9 Å². The second-order valence-corrected chi connectivity index (χ2v) is 7.94. The van der Waals surface area contributed by atoms with E-state index < -0.39 is 0 Å². The zero-order chi connectivity index (χ0) is 21.0. The number of rotatable bonds is 7. The summed E-state index contributed by atoms with van der Waals surface area (Å²) in [5, 5.41) is 11.7. The van der Waals surface area contributed by atoms with Crippen molar-refractivity contribution in [3.63, 3.8) is 0 Å². The van der Waals surface area contributed by atoms with Crippen LogP contribution in [0.4, 0.5) is 4.39 Å². The SMILES string of the molecule is COc1ccc(-c2nnc(S[C@@H](C)C(=O)N[C@H](C)c3ccc(F)cc3)n2C)cc1. The highest BCUT2D eigenvalue weighted by Crippen LogP contribution is 2.27. The molecule has 0 radical (unpaired) electrons. The summed E-state index contributed by atoms with van der Waals surface area (Å²) in [5.74, 6) is 1.06. The topological polar surface area (TPSA) is 69.0 Å². The molecule has 0 aliphatic heterocycles. The van der Waals surface area contributed by atoms with E-state index in [0.717, 1.165) is 16.9 Å². The normalized spacial score (nSPS) is 13.0. The Bertz CT molecular complexity index is 973. The van der Waals surface area contributed by atoms with Crippen molar-refractivity contribution in [2.24, 2.45) is 7.05 Å². The highest BCUT2D eigenvalue weighted by molar-refractivity contribution is 8.00. The molecular formula is C21H23FN4O2S. The second kappa shape index (κ2) is 9.09. The van der Waals surface area contributed by atoms with E-state index in [1.54, 1.807) is 19.2 Å². The van der Waals surface area contributed by atoms with Gasteiger partial charge in [-0.2, -0.15) is 0 Å². The molecule has 0 bridgehead atoms. The van der Waals surface area contributed by atoms with Crippen molar-refractivity contribution in [2.75, 3.05) is 7.11 Å². The molecule has 0 saturated heterocycles. The molecule has 0 spiro atoms. The largest absolute Gasteiger partial charge is 0.497 e. The summed E-state index contributed by atoms with van der Waals surface area (Å²) < 4.78 is 20.1. The number of thioether (sulfide) groups is 1. The van der Waals surface area contributed by atoms with Gasteiger partial charge >= 0.3 is 0 Å². The fourth-order valence-electron chi connectivity index (χ4n) is 2.79. The van der Waals surface area contributed by atoms with E-state index in [1.165, 1.54) is 23.9 Å². The molecule has 0 aliphatic rings. The first kappa shape index (κ1) is 20.9. The van der Waals surface area contributed by atoms with Crippen molar-refractivity contribution in [1.82, 2.24) is 20.1 Å². The van der Waals surface area contributed by atoms with E-state index in [2.05, 4.69) is 15.5 Å². The number of nitrogens with one attached hydrogen (secondary N) is 1. The number of amides is 1. The molecule has 1 heterocycles. The minimum atomic E-state index is -0.371. The number of carbonyl (C=O) groups excluding carboxylic acids is 1. The lowest BCUT2D eigenvalue weighted by atomic mass is 10.1. The van der Waals surface area contributed by atoms with E-state index in [0.29, 0.717) is 11.0 Å². The van der Waals surface area contributed by atoms with Crippen LogP contribution in [0, 0.1) is 5.82 Å². The van der Waals surface area contributed by atoms with Gasteiger partial charge in [0.25, 0.3) is 0 Å². The van der Waals surface area contributed by atoms with Crippen LogP contribution in [0.25, 0.3) is 11.4 Å². The Morgan fingerprint density at radius 2 is 1.76 bits per heavy atom. The first-order valence-electron chi connectivity index (χ1n) is 9.15. The lowest BCUT2D eigenvalue weighted by molar-refractivity contribution is -0.120. The lowest BCUT2D eigenvalue weighted by Crippen LogP contribution is -2.33. The number of benzene rings is 2. The van der Waals surface area contributed by atoms with Gasteiger partial charge in [-0.1, -0.05) is 23.9 Å². The highest BCUT2D eigenvalue weighted by atomic mass is 32.2. The Balaban J connectivity index is 1.65. The van der Waals surface area contributed by atoms with Crippen molar-refractivity contribution >= 4 is 17.7 Å². The number of aromatic nitrogens is 3. The molecule has 1 N–H and O–H groups in total. The van der Waals surface area contributed by atoms with Crippen LogP contribution in [-0.4, -0.2) is 33.0 Å². The molecule has 0 saturated carbocycles. The van der Waals surface area contributed by atoms with E-state index in [4.69, 9.17) is 4.74 Å². The molecule has 1 amide bonds. The van der Waals surface area contributed by atoms with Gasteiger partial charge in [-0.25, -0.2) is 4.39 Å². The minimum Gasteiger partial charge on any atom is -0.497 e. The number of hydrogen-bond donors (Lipinski definition) is 1. The highest BCUT2D eigenvalue weighted by Gasteiger charge is 2.21. The Labute approximate surface area is 173 Å². The van der Waals surface area contributed by atoms with Gasteiger partial charge in [0.1, 0.15) is 11.6 Å². The molecule has 2 atom stereocenters. The van der Waals surface area contributed by atoms with Gasteiger partial charge in [-0.05, 0) is 55.8 Å². The third kappa shape index (κ3) is 4.95. The molecule has 3 rings (SSSR count). The van der Waals surface area contributed by atoms with Crippen LogP contribution in [0.1, 0.15) is 25.5 Å². The first-order chi connectivity index (χ1) is 13.9. The molecule has 29 heavy (non-hydrogen) atoms. The van der Waals surface area contributed by atoms with Gasteiger partial charge in [0.05, 0.1) is 18.4 Å². The summed E-state index contributed by atoms with van der Waals surface area (Å²) in [6.45, 7) is 3.69. The van der Waals surface area contributed by atoms with Gasteiger partial charge in [0.2, 0.25) is 5.91 Å². The van der Waals surface area contributed by atoms with E-state index in [1.807, 2.05) is 49.7 Å². The third-order valence-corrected chi connectivity index (χ3v) is 5.70. The van der Waals surface area contributed by atoms with Crippen molar-refractivity contribution in [3.05, 3.63) is 59.9 Å². The zero-order valence-corrected chi connectivity index (χ0v) is 17.5. The minimum absolute atomic E-state index is 0.124. The van der Waals surface area contributed by atoms with Crippen molar-refractivity contribution in [3.8, 4) is 17.1 Å². The van der Waals surface area contributed by atoms with E-state index in [9.17, 15) is 9.18 Å². The van der Waals surface area contributed by atoms with Crippen LogP contribution in [0.3, 0.4) is 0 Å². The van der Waals surface area contributed by atoms with E-state index in [-0.39, 0.29) is 23.0 Å². The van der Waals surface area contributed by atoms with Gasteiger partial charge in [-0.3, -0.25) is 4.79 Å². The maximum atomic E-state index is 13.1. The smallest absolute Gasteiger partial charge is 0.233 e. The Morgan fingerprint density at radius 3 is 2.38 bits per heavy atom. The summed E-state index contributed by atoms with van der Waals surface area (Å²) >= 11 is 1.33. The zero-order valence-electron chi connectivity index (χ0n) is 16.7. The molecule has 152 valence electrons. The van der Waals surface area contributed by atoms with Crippen LogP contribution in [-0.2, 0) is 11.8 Å². The molecule has 1 aromatic heterocycles. The van der Waals surface area contributed by atoms with Crippen LogP contribution >= 0.6 is 11.8 Å². The predicted octanol–water partition coefficient (Wildman–Crippen LogP) is 3.99. The van der Waals surface area contributed by atoms with Crippen LogP contribution in [0.15, 0.2) is 53.7 Å². The second-order valence-electron chi connectivity index (χ2n) is 6.64. The summed E-state index contributed by atoms with van der Waals surface area (Å²) in [6.07, 6.45) is 0. The maximum Gasteiger partial charge on any atom is 0.233 e. The molecule has 0 fully saturated rings. The maximum absolute atomic E-state index is 13.1. The van der Waals surface area contributed by atoms with E-state index >= 15 is 0 Å². The summed E-state index contributed by atoms with van der Waals surface area (Å²) in [7, 11) is 3.49. The molecule has 2 aromatic carbocycles. The summed E-state index contributed by atoms with van der Waals surface area (Å²) in [6, 6.07) is 13.4. The fourth-order valence-corrected chi connectivity index (χ4v) is 3.61. The molecule has 0 unspecified atom stereocenters. The van der Waals surface area contributed by atoms with Crippen molar-refractivity contribution in [2.45, 2.75) is 30.3 Å². The van der Waals surface area contributed by atoms with Gasteiger partial charge in [-0.15, -0.1) is 10.2 Å². The monoisotopic (exact) mass is 414 g/mol. The van der Waals surface area contributed by atoms with Crippen LogP contribution < -0.4 is 10.1 Å².